The summed E-state index contributed by atoms with van der Waals surface area (Å²) in [6.07, 6.45) is 1.60. The molecule has 4 nitrogen and oxygen atoms in total. The molecule has 0 rings (SSSR count). The largest absolute Gasteiger partial charge is 0.435 e. The molecular weight excluding hydrogens is 160 g/mol. The second-order valence-corrected chi connectivity index (χ2v) is 2.38. The van der Waals surface area contributed by atoms with Crippen LogP contribution in [0.25, 0.3) is 0 Å². The third-order valence-electron chi connectivity index (χ3n) is 1.31. The average Bonchev–Trinajstić information content (AvgIpc) is 1.98. The molecule has 0 amide bonds. The van der Waals surface area contributed by atoms with Crippen molar-refractivity contribution in [3.63, 3.8) is 0 Å². The number of hydrogen-bond acceptors (Lipinski definition) is 4. The first kappa shape index (κ1) is 11.1. The third kappa shape index (κ3) is 7.24. The van der Waals surface area contributed by atoms with Gasteiger partial charge in [-0.3, -0.25) is 4.79 Å². The molecule has 0 radical (unpaired) electrons. The monoisotopic (exact) mass is 174 g/mol. The maximum atomic E-state index is 10.7. The SMILES string of the molecule is C=COC(=O)CCCCC(O)O. The fourth-order valence-electron chi connectivity index (χ4n) is 0.748. The summed E-state index contributed by atoms with van der Waals surface area (Å²) < 4.78 is 4.45. The van der Waals surface area contributed by atoms with Gasteiger partial charge in [0.1, 0.15) is 0 Å². The molecule has 0 saturated carbocycles. The highest BCUT2D eigenvalue weighted by Gasteiger charge is 2.01. The molecule has 2 N–H and O–H groups in total. The minimum Gasteiger partial charge on any atom is -0.435 e. The highest BCUT2D eigenvalue weighted by atomic mass is 16.5. The number of ether oxygens (including phenoxy) is 1. The number of rotatable bonds is 6. The number of carbonyl (C=O) groups excluding carboxylic acids is 1. The first-order valence-electron chi connectivity index (χ1n) is 3.83. The zero-order chi connectivity index (χ0) is 9.40. The molecule has 0 aliphatic rings. The fourth-order valence-corrected chi connectivity index (χ4v) is 0.748. The summed E-state index contributed by atoms with van der Waals surface area (Å²) in [5.41, 5.74) is 0. The van der Waals surface area contributed by atoms with E-state index >= 15 is 0 Å². The fraction of sp³-hybridized carbons (Fsp3) is 0.625. The maximum absolute atomic E-state index is 10.7. The third-order valence-corrected chi connectivity index (χ3v) is 1.31. The lowest BCUT2D eigenvalue weighted by atomic mass is 10.2. The zero-order valence-corrected chi connectivity index (χ0v) is 6.90. The van der Waals surface area contributed by atoms with Crippen molar-refractivity contribution in [2.24, 2.45) is 0 Å². The predicted molar refractivity (Wildman–Crippen MR) is 43.0 cm³/mol. The van der Waals surface area contributed by atoms with Crippen molar-refractivity contribution in [3.05, 3.63) is 12.8 Å². The summed E-state index contributed by atoms with van der Waals surface area (Å²) >= 11 is 0. The molecule has 4 heteroatoms. The van der Waals surface area contributed by atoms with Crippen LogP contribution < -0.4 is 0 Å². The van der Waals surface area contributed by atoms with Gasteiger partial charge in [0.05, 0.1) is 6.26 Å². The van der Waals surface area contributed by atoms with Crippen LogP contribution in [0.4, 0.5) is 0 Å². The molecule has 0 heterocycles. The summed E-state index contributed by atoms with van der Waals surface area (Å²) in [5, 5.41) is 16.9. The molecule has 0 fully saturated rings. The lowest BCUT2D eigenvalue weighted by Gasteiger charge is -2.01. The molecule has 0 bridgehead atoms. The van der Waals surface area contributed by atoms with Gasteiger partial charge in [-0.15, -0.1) is 0 Å². The van der Waals surface area contributed by atoms with E-state index in [1.165, 1.54) is 0 Å². The molecule has 0 saturated heterocycles. The highest BCUT2D eigenvalue weighted by Crippen LogP contribution is 2.02. The predicted octanol–water partition coefficient (Wildman–Crippen LogP) is 0.544. The molecule has 0 aromatic carbocycles. The van der Waals surface area contributed by atoms with E-state index in [0.717, 1.165) is 6.26 Å². The molecule has 0 aliphatic carbocycles. The number of esters is 1. The van der Waals surface area contributed by atoms with E-state index in [-0.39, 0.29) is 5.97 Å². The van der Waals surface area contributed by atoms with Gasteiger partial charge in [0.2, 0.25) is 0 Å². The summed E-state index contributed by atoms with van der Waals surface area (Å²) in [5.74, 6) is -0.336. The van der Waals surface area contributed by atoms with Crippen LogP contribution in [0.2, 0.25) is 0 Å². The van der Waals surface area contributed by atoms with Gasteiger partial charge in [-0.1, -0.05) is 6.58 Å². The summed E-state index contributed by atoms with van der Waals surface area (Å²) in [7, 11) is 0. The van der Waals surface area contributed by atoms with E-state index in [4.69, 9.17) is 10.2 Å². The van der Waals surface area contributed by atoms with Crippen LogP contribution in [-0.4, -0.2) is 22.5 Å². The summed E-state index contributed by atoms with van der Waals surface area (Å²) in [6, 6.07) is 0. The normalized spacial score (nSPS) is 9.92. The molecule has 12 heavy (non-hydrogen) atoms. The van der Waals surface area contributed by atoms with Crippen LogP contribution >= 0.6 is 0 Å². The Morgan fingerprint density at radius 3 is 2.67 bits per heavy atom. The Morgan fingerprint density at radius 2 is 2.17 bits per heavy atom. The van der Waals surface area contributed by atoms with Gasteiger partial charge in [-0.25, -0.2) is 0 Å². The molecule has 70 valence electrons. The van der Waals surface area contributed by atoms with Crippen LogP contribution in [0.3, 0.4) is 0 Å². The molecule has 0 aliphatic heterocycles. The van der Waals surface area contributed by atoms with Gasteiger partial charge in [-0.05, 0) is 19.3 Å². The first-order chi connectivity index (χ1) is 5.66. The van der Waals surface area contributed by atoms with Gasteiger partial charge in [0.25, 0.3) is 0 Å². The Bertz CT molecular complexity index is 142. The van der Waals surface area contributed by atoms with Crippen LogP contribution in [0, 0.1) is 0 Å². The van der Waals surface area contributed by atoms with E-state index in [2.05, 4.69) is 11.3 Å². The van der Waals surface area contributed by atoms with Crippen LogP contribution in [-0.2, 0) is 9.53 Å². The summed E-state index contributed by atoms with van der Waals surface area (Å²) in [6.45, 7) is 3.23. The van der Waals surface area contributed by atoms with Gasteiger partial charge >= 0.3 is 5.97 Å². The van der Waals surface area contributed by atoms with E-state index in [0.29, 0.717) is 25.7 Å². The minimum atomic E-state index is -1.28. The van der Waals surface area contributed by atoms with Crippen LogP contribution in [0.1, 0.15) is 25.7 Å². The minimum absolute atomic E-state index is 0.290. The van der Waals surface area contributed by atoms with Crippen LogP contribution in [0.15, 0.2) is 12.8 Å². The lowest BCUT2D eigenvalue weighted by molar-refractivity contribution is -0.138. The molecule has 0 atom stereocenters. The Balaban J connectivity index is 3.19. The van der Waals surface area contributed by atoms with Crippen LogP contribution in [0.5, 0.6) is 0 Å². The molecule has 0 aromatic rings. The molecular formula is C8H14O4. The number of aliphatic hydroxyl groups excluding tert-OH is 1. The molecule has 0 unspecified atom stereocenters. The van der Waals surface area contributed by atoms with Crippen molar-refractivity contribution in [1.82, 2.24) is 0 Å². The Labute approximate surface area is 71.5 Å². The van der Waals surface area contributed by atoms with Crippen molar-refractivity contribution in [2.45, 2.75) is 32.0 Å². The topological polar surface area (TPSA) is 66.8 Å². The Kier molecular flexibility index (Phi) is 6.32. The number of unbranched alkanes of at least 4 members (excludes halogenated alkanes) is 1. The first-order valence-corrected chi connectivity index (χ1v) is 3.83. The van der Waals surface area contributed by atoms with Gasteiger partial charge in [0.15, 0.2) is 6.29 Å². The van der Waals surface area contributed by atoms with Crippen molar-refractivity contribution in [2.75, 3.05) is 0 Å². The maximum Gasteiger partial charge on any atom is 0.310 e. The molecule has 0 aromatic heterocycles. The van der Waals surface area contributed by atoms with Gasteiger partial charge < -0.3 is 14.9 Å². The van der Waals surface area contributed by atoms with Crippen molar-refractivity contribution in [1.29, 1.82) is 0 Å². The smallest absolute Gasteiger partial charge is 0.310 e. The number of aliphatic hydroxyl groups is 2. The molecule has 0 spiro atoms. The zero-order valence-electron chi connectivity index (χ0n) is 6.90. The Hall–Kier alpha value is -0.870. The van der Waals surface area contributed by atoms with E-state index < -0.39 is 6.29 Å². The van der Waals surface area contributed by atoms with Crippen molar-refractivity contribution >= 4 is 5.97 Å². The average molecular weight is 174 g/mol. The summed E-state index contributed by atoms with van der Waals surface area (Å²) in [4.78, 5) is 10.7. The lowest BCUT2D eigenvalue weighted by Crippen LogP contribution is -2.04. The second-order valence-electron chi connectivity index (χ2n) is 2.38. The van der Waals surface area contributed by atoms with Crippen molar-refractivity contribution < 1.29 is 19.7 Å². The Morgan fingerprint density at radius 1 is 1.50 bits per heavy atom. The van der Waals surface area contributed by atoms with E-state index in [1.807, 2.05) is 0 Å². The standard InChI is InChI=1S/C8H14O4/c1-2-12-8(11)6-4-3-5-7(9)10/h2,7,9-10H,1,3-6H2. The number of carbonyl (C=O) groups is 1. The second kappa shape index (κ2) is 6.82. The number of hydrogen-bond donors (Lipinski definition) is 2. The van der Waals surface area contributed by atoms with Gasteiger partial charge in [0, 0.05) is 6.42 Å². The highest BCUT2D eigenvalue weighted by molar-refractivity contribution is 5.69. The quantitative estimate of drug-likeness (QED) is 0.267. The van der Waals surface area contributed by atoms with E-state index in [1.54, 1.807) is 0 Å². The van der Waals surface area contributed by atoms with E-state index in [9.17, 15) is 4.79 Å². The van der Waals surface area contributed by atoms with Crippen molar-refractivity contribution in [3.8, 4) is 0 Å². The van der Waals surface area contributed by atoms with Gasteiger partial charge in [-0.2, -0.15) is 0 Å².